The second kappa shape index (κ2) is 6.69. The summed E-state index contributed by atoms with van der Waals surface area (Å²) in [5.41, 5.74) is 2.89. The van der Waals surface area contributed by atoms with Gasteiger partial charge in [-0.1, -0.05) is 36.4 Å². The van der Waals surface area contributed by atoms with E-state index in [1.165, 1.54) is 28.2 Å². The standard InChI is InChI=1S/C11H9NO2S.C10H9NS/c13-11(14)9-7-3-1-2-4-8(7)12-5-6-15-10(9)12;1-2-4-9-8(3-1)7-10-11(9)5-6-12-10/h1-4H,5-6H2,(H,13,14);1-4,7H,5-6H2. The van der Waals surface area contributed by atoms with Gasteiger partial charge < -0.3 is 14.2 Å². The largest absolute Gasteiger partial charge is 0.478 e. The van der Waals surface area contributed by atoms with Crippen molar-refractivity contribution in [3.63, 3.8) is 0 Å². The van der Waals surface area contributed by atoms with Crippen LogP contribution in [-0.4, -0.2) is 31.7 Å². The van der Waals surface area contributed by atoms with E-state index in [0.29, 0.717) is 5.56 Å². The van der Waals surface area contributed by atoms with Crippen molar-refractivity contribution in [1.29, 1.82) is 0 Å². The van der Waals surface area contributed by atoms with Crippen molar-refractivity contribution in [3.8, 4) is 0 Å². The highest BCUT2D eigenvalue weighted by Gasteiger charge is 2.25. The van der Waals surface area contributed by atoms with E-state index in [0.717, 1.165) is 28.2 Å². The van der Waals surface area contributed by atoms with Gasteiger partial charge in [0.2, 0.25) is 0 Å². The van der Waals surface area contributed by atoms with Gasteiger partial charge in [0.05, 0.1) is 15.6 Å². The predicted molar refractivity (Wildman–Crippen MR) is 112 cm³/mol. The van der Waals surface area contributed by atoms with E-state index in [9.17, 15) is 9.90 Å². The predicted octanol–water partition coefficient (Wildman–Crippen LogP) is 5.19. The lowest BCUT2D eigenvalue weighted by Gasteiger charge is -1.96. The van der Waals surface area contributed by atoms with Crippen LogP contribution in [0.2, 0.25) is 0 Å². The Balaban J connectivity index is 0.000000121. The number of aryl methyl sites for hydroxylation is 2. The number of aromatic nitrogens is 2. The number of carboxylic acids is 1. The first kappa shape index (κ1) is 16.8. The molecule has 2 aliphatic heterocycles. The van der Waals surface area contributed by atoms with Gasteiger partial charge in [0.15, 0.2) is 0 Å². The molecular weight excluding hydrogens is 376 g/mol. The molecule has 0 spiro atoms. The van der Waals surface area contributed by atoms with Gasteiger partial charge in [-0.3, -0.25) is 0 Å². The lowest BCUT2D eigenvalue weighted by atomic mass is 10.2. The highest BCUT2D eigenvalue weighted by molar-refractivity contribution is 7.99. The lowest BCUT2D eigenvalue weighted by molar-refractivity contribution is 0.0695. The number of aromatic carboxylic acids is 1. The third-order valence-electron chi connectivity index (χ3n) is 5.03. The molecule has 0 amide bonds. The summed E-state index contributed by atoms with van der Waals surface area (Å²) >= 11 is 3.59. The Morgan fingerprint density at radius 2 is 1.59 bits per heavy atom. The average molecular weight is 395 g/mol. The van der Waals surface area contributed by atoms with Crippen LogP contribution in [0.15, 0.2) is 64.6 Å². The molecule has 2 aliphatic rings. The Kier molecular flexibility index (Phi) is 4.17. The number of carboxylic acid groups (broad SMARTS) is 1. The van der Waals surface area contributed by atoms with Crippen molar-refractivity contribution in [1.82, 2.24) is 9.13 Å². The maximum absolute atomic E-state index is 11.2. The third-order valence-corrected chi connectivity index (χ3v) is 7.13. The van der Waals surface area contributed by atoms with Crippen LogP contribution in [0.4, 0.5) is 0 Å². The first-order valence-corrected chi connectivity index (χ1v) is 10.9. The van der Waals surface area contributed by atoms with Crippen LogP contribution < -0.4 is 0 Å². The molecule has 0 unspecified atom stereocenters. The Bertz CT molecular complexity index is 1180. The van der Waals surface area contributed by atoms with E-state index >= 15 is 0 Å². The van der Waals surface area contributed by atoms with Crippen molar-refractivity contribution in [2.75, 3.05) is 11.5 Å². The van der Waals surface area contributed by atoms with Crippen LogP contribution in [0.25, 0.3) is 21.8 Å². The van der Waals surface area contributed by atoms with Gasteiger partial charge in [-0.15, -0.1) is 23.5 Å². The normalized spacial score (nSPS) is 14.8. The Morgan fingerprint density at radius 3 is 2.44 bits per heavy atom. The topological polar surface area (TPSA) is 47.2 Å². The second-order valence-electron chi connectivity index (χ2n) is 6.54. The second-order valence-corrected chi connectivity index (χ2v) is 8.74. The molecule has 4 aromatic rings. The number of benzene rings is 2. The highest BCUT2D eigenvalue weighted by atomic mass is 32.2. The molecule has 6 heteroatoms. The summed E-state index contributed by atoms with van der Waals surface area (Å²) in [6, 6.07) is 18.6. The van der Waals surface area contributed by atoms with Crippen LogP contribution in [0.3, 0.4) is 0 Å². The molecule has 0 aliphatic carbocycles. The van der Waals surface area contributed by atoms with Crippen LogP contribution in [0.5, 0.6) is 0 Å². The van der Waals surface area contributed by atoms with E-state index < -0.39 is 5.97 Å². The number of hydrogen-bond acceptors (Lipinski definition) is 3. The van der Waals surface area contributed by atoms with Crippen molar-refractivity contribution >= 4 is 51.3 Å². The number of nitrogens with zero attached hydrogens (tertiary/aromatic N) is 2. The van der Waals surface area contributed by atoms with E-state index in [4.69, 9.17) is 0 Å². The minimum atomic E-state index is -0.825. The molecule has 4 heterocycles. The van der Waals surface area contributed by atoms with Gasteiger partial charge in [-0.2, -0.15) is 0 Å². The lowest BCUT2D eigenvalue weighted by Crippen LogP contribution is -1.96. The summed E-state index contributed by atoms with van der Waals surface area (Å²) in [6.07, 6.45) is 0. The molecular formula is C21H18N2O2S2. The Hall–Kier alpha value is -2.31. The van der Waals surface area contributed by atoms with E-state index in [-0.39, 0.29) is 0 Å². The highest BCUT2D eigenvalue weighted by Crippen LogP contribution is 2.37. The van der Waals surface area contributed by atoms with Crippen LogP contribution in [0, 0.1) is 0 Å². The van der Waals surface area contributed by atoms with Gasteiger partial charge in [-0.05, 0) is 18.2 Å². The van der Waals surface area contributed by atoms with Gasteiger partial charge in [-0.25, -0.2) is 4.79 Å². The minimum absolute atomic E-state index is 0.466. The zero-order valence-corrected chi connectivity index (χ0v) is 16.2. The maximum Gasteiger partial charge on any atom is 0.339 e. The Morgan fingerprint density at radius 1 is 0.889 bits per heavy atom. The molecule has 6 rings (SSSR count). The Labute approximate surface area is 165 Å². The van der Waals surface area contributed by atoms with Crippen LogP contribution in [0.1, 0.15) is 10.4 Å². The fourth-order valence-electron chi connectivity index (χ4n) is 3.87. The van der Waals surface area contributed by atoms with Crippen molar-refractivity contribution in [2.45, 2.75) is 23.1 Å². The van der Waals surface area contributed by atoms with E-state index in [2.05, 4.69) is 39.5 Å². The summed E-state index contributed by atoms with van der Waals surface area (Å²) < 4.78 is 4.50. The fraction of sp³-hybridized carbons (Fsp3) is 0.190. The van der Waals surface area contributed by atoms with E-state index in [1.807, 2.05) is 36.0 Å². The number of thioether (sulfide) groups is 2. The minimum Gasteiger partial charge on any atom is -0.478 e. The number of fused-ring (bicyclic) bond motifs is 6. The number of carbonyl (C=O) groups is 1. The quantitative estimate of drug-likeness (QED) is 0.482. The molecule has 0 radical (unpaired) electrons. The van der Waals surface area contributed by atoms with Gasteiger partial charge in [0.25, 0.3) is 0 Å². The first-order valence-electron chi connectivity index (χ1n) is 8.92. The third kappa shape index (κ3) is 2.75. The van der Waals surface area contributed by atoms with Crippen molar-refractivity contribution < 1.29 is 9.90 Å². The van der Waals surface area contributed by atoms with Gasteiger partial charge in [0.1, 0.15) is 0 Å². The summed E-state index contributed by atoms with van der Waals surface area (Å²) in [5.74, 6) is 1.38. The van der Waals surface area contributed by atoms with Crippen LogP contribution >= 0.6 is 23.5 Å². The van der Waals surface area contributed by atoms with Crippen LogP contribution in [-0.2, 0) is 13.1 Å². The van der Waals surface area contributed by atoms with Crippen molar-refractivity contribution in [2.24, 2.45) is 0 Å². The molecule has 0 bridgehead atoms. The molecule has 1 N–H and O–H groups in total. The number of para-hydroxylation sites is 2. The molecule has 0 saturated carbocycles. The van der Waals surface area contributed by atoms with Crippen molar-refractivity contribution in [3.05, 3.63) is 60.2 Å². The molecule has 136 valence electrons. The maximum atomic E-state index is 11.2. The molecule has 27 heavy (non-hydrogen) atoms. The zero-order chi connectivity index (χ0) is 18.4. The molecule has 2 aromatic carbocycles. The molecule has 0 saturated heterocycles. The smallest absolute Gasteiger partial charge is 0.339 e. The summed E-state index contributed by atoms with van der Waals surface area (Å²) in [4.78, 5) is 11.2. The average Bonchev–Trinajstić information content (AvgIpc) is 3.42. The van der Waals surface area contributed by atoms with Gasteiger partial charge in [0, 0.05) is 46.4 Å². The molecule has 4 nitrogen and oxygen atoms in total. The SMILES string of the molecule is O=C(O)c1c2n(c3ccccc13)CCS2.c1ccc2c(c1)cc1n2CCS1. The molecule has 2 aromatic heterocycles. The fourth-order valence-corrected chi connectivity index (χ4v) is 6.06. The molecule has 0 fully saturated rings. The first-order chi connectivity index (χ1) is 13.2. The number of hydrogen-bond donors (Lipinski definition) is 1. The van der Waals surface area contributed by atoms with E-state index in [1.54, 1.807) is 11.8 Å². The summed E-state index contributed by atoms with van der Waals surface area (Å²) in [6.45, 7) is 2.08. The monoisotopic (exact) mass is 394 g/mol. The van der Waals surface area contributed by atoms with Gasteiger partial charge >= 0.3 is 5.97 Å². The summed E-state index contributed by atoms with van der Waals surface area (Å²) in [7, 11) is 0. The molecule has 0 atom stereocenters. The number of rotatable bonds is 1. The summed E-state index contributed by atoms with van der Waals surface area (Å²) in [5, 5.41) is 13.8. The zero-order valence-electron chi connectivity index (χ0n) is 14.6.